The molecule has 1 aromatic carbocycles. The van der Waals surface area contributed by atoms with Gasteiger partial charge in [-0.05, 0) is 44.0 Å². The third kappa shape index (κ3) is 4.95. The third-order valence-electron chi connectivity index (χ3n) is 6.26. The van der Waals surface area contributed by atoms with Gasteiger partial charge in [-0.1, -0.05) is 13.0 Å². The van der Waals surface area contributed by atoms with Crippen LogP contribution in [0.3, 0.4) is 0 Å². The molecule has 0 spiro atoms. The number of pyridine rings is 1. The van der Waals surface area contributed by atoms with E-state index in [0.717, 1.165) is 41.6 Å². The van der Waals surface area contributed by atoms with E-state index in [1.54, 1.807) is 19.4 Å². The molecule has 2 aromatic heterocycles. The first-order chi connectivity index (χ1) is 16.3. The molecule has 1 atom stereocenters. The zero-order valence-corrected chi connectivity index (χ0v) is 20.5. The van der Waals surface area contributed by atoms with E-state index in [-0.39, 0.29) is 11.3 Å². The molecule has 0 unspecified atom stereocenters. The highest BCUT2D eigenvalue weighted by Gasteiger charge is 2.37. The molecule has 34 heavy (non-hydrogen) atoms. The second-order valence-corrected chi connectivity index (χ2v) is 9.20. The lowest BCUT2D eigenvalue weighted by Gasteiger charge is -2.40. The summed E-state index contributed by atoms with van der Waals surface area (Å²) < 4.78 is 5.31. The number of hydrogen-bond donors (Lipinski definition) is 1. The van der Waals surface area contributed by atoms with Crippen LogP contribution in [0, 0.1) is 6.92 Å². The van der Waals surface area contributed by atoms with E-state index in [1.165, 1.54) is 0 Å². The molecule has 3 heterocycles. The monoisotopic (exact) mass is 460 g/mol. The van der Waals surface area contributed by atoms with Crippen molar-refractivity contribution in [1.29, 1.82) is 0 Å². The van der Waals surface area contributed by atoms with Crippen molar-refractivity contribution in [1.82, 2.24) is 19.9 Å². The number of benzene rings is 1. The molecule has 0 aliphatic carbocycles. The summed E-state index contributed by atoms with van der Waals surface area (Å²) in [6.45, 7) is 5.39. The van der Waals surface area contributed by atoms with Gasteiger partial charge in [0.15, 0.2) is 0 Å². The number of anilines is 3. The highest BCUT2D eigenvalue weighted by molar-refractivity contribution is 5.99. The Morgan fingerprint density at radius 1 is 1.18 bits per heavy atom. The van der Waals surface area contributed by atoms with Crippen LogP contribution in [0.1, 0.15) is 41.6 Å². The lowest BCUT2D eigenvalue weighted by Crippen LogP contribution is -2.47. The zero-order valence-electron chi connectivity index (χ0n) is 20.5. The second kappa shape index (κ2) is 9.67. The predicted molar refractivity (Wildman–Crippen MR) is 134 cm³/mol. The molecular formula is C26H32N6O2. The molecule has 0 radical (unpaired) electrons. The maximum atomic E-state index is 13.7. The van der Waals surface area contributed by atoms with Gasteiger partial charge in [-0.25, -0.2) is 15.0 Å². The average Bonchev–Trinajstić information content (AvgIpc) is 2.83. The van der Waals surface area contributed by atoms with Gasteiger partial charge in [-0.15, -0.1) is 0 Å². The molecule has 1 saturated heterocycles. The van der Waals surface area contributed by atoms with Crippen molar-refractivity contribution in [3.05, 3.63) is 65.7 Å². The first-order valence-corrected chi connectivity index (χ1v) is 11.5. The lowest BCUT2D eigenvalue weighted by molar-refractivity contribution is 0.0648. The van der Waals surface area contributed by atoms with Crippen molar-refractivity contribution in [2.24, 2.45) is 0 Å². The molecule has 4 rings (SSSR count). The standard InChI is InChI=1S/C26H32N6O2/c1-18-28-22(16-23(29-18)31(3)4)26(2)12-8-14-32(17-26)25(33)21-11-7-13-27-24(21)30-19-9-6-10-20(15-19)34-5/h6-7,9-11,13,15-16H,8,12,14,17H2,1-5H3,(H,27,30)/t26-/m1/s1. The molecule has 3 aromatic rings. The highest BCUT2D eigenvalue weighted by Crippen LogP contribution is 2.35. The number of aryl methyl sites for hydroxylation is 1. The Bertz CT molecular complexity index is 1180. The maximum Gasteiger partial charge on any atom is 0.257 e. The van der Waals surface area contributed by atoms with Gasteiger partial charge in [0.1, 0.15) is 23.2 Å². The minimum atomic E-state index is -0.255. The summed E-state index contributed by atoms with van der Waals surface area (Å²) in [6.07, 6.45) is 3.55. The molecule has 1 amide bonds. The minimum Gasteiger partial charge on any atom is -0.497 e. The quantitative estimate of drug-likeness (QED) is 0.590. The van der Waals surface area contributed by atoms with E-state index in [9.17, 15) is 4.79 Å². The maximum absolute atomic E-state index is 13.7. The van der Waals surface area contributed by atoms with Gasteiger partial charge in [-0.2, -0.15) is 0 Å². The van der Waals surface area contributed by atoms with Crippen LogP contribution in [0.4, 0.5) is 17.3 Å². The van der Waals surface area contributed by atoms with Crippen LogP contribution >= 0.6 is 0 Å². The number of likely N-dealkylation sites (tertiary alicyclic amines) is 1. The number of methoxy groups -OCH3 is 1. The van der Waals surface area contributed by atoms with Gasteiger partial charge in [0, 0.05) is 56.6 Å². The Kier molecular flexibility index (Phi) is 6.68. The fourth-order valence-corrected chi connectivity index (χ4v) is 4.40. The highest BCUT2D eigenvalue weighted by atomic mass is 16.5. The van der Waals surface area contributed by atoms with Crippen LogP contribution in [0.25, 0.3) is 0 Å². The number of nitrogens with zero attached hydrogens (tertiary/aromatic N) is 5. The molecule has 8 heteroatoms. The van der Waals surface area contributed by atoms with Crippen molar-refractivity contribution in [3.63, 3.8) is 0 Å². The Balaban J connectivity index is 1.59. The van der Waals surface area contributed by atoms with E-state index in [0.29, 0.717) is 24.5 Å². The molecule has 1 aliphatic rings. The number of amides is 1. The fourth-order valence-electron chi connectivity index (χ4n) is 4.40. The number of hydrogen-bond acceptors (Lipinski definition) is 7. The molecular weight excluding hydrogens is 428 g/mol. The molecule has 178 valence electrons. The summed E-state index contributed by atoms with van der Waals surface area (Å²) >= 11 is 0. The Labute approximate surface area is 201 Å². The molecule has 0 bridgehead atoms. The molecule has 1 aliphatic heterocycles. The topological polar surface area (TPSA) is 83.5 Å². The molecule has 1 N–H and O–H groups in total. The number of carbonyl (C=O) groups is 1. The van der Waals surface area contributed by atoms with Crippen molar-refractivity contribution in [2.75, 3.05) is 44.5 Å². The minimum absolute atomic E-state index is 0.0389. The van der Waals surface area contributed by atoms with Crippen LogP contribution < -0.4 is 15.0 Å². The third-order valence-corrected chi connectivity index (χ3v) is 6.26. The van der Waals surface area contributed by atoms with Crippen LogP contribution in [0.5, 0.6) is 5.75 Å². The molecule has 8 nitrogen and oxygen atoms in total. The molecule has 0 saturated carbocycles. The number of nitrogens with one attached hydrogen (secondary N) is 1. The summed E-state index contributed by atoms with van der Waals surface area (Å²) in [5.41, 5.74) is 2.07. The number of carbonyl (C=O) groups excluding carboxylic acids is 1. The van der Waals surface area contributed by atoms with E-state index >= 15 is 0 Å². The van der Waals surface area contributed by atoms with Gasteiger partial charge < -0.3 is 19.9 Å². The average molecular weight is 461 g/mol. The van der Waals surface area contributed by atoms with E-state index in [2.05, 4.69) is 22.2 Å². The Morgan fingerprint density at radius 2 is 2.00 bits per heavy atom. The van der Waals surface area contributed by atoms with Crippen LogP contribution in [-0.2, 0) is 5.41 Å². The fraction of sp³-hybridized carbons (Fsp3) is 0.385. The molecule has 1 fully saturated rings. The summed E-state index contributed by atoms with van der Waals surface area (Å²) in [5.74, 6) is 2.84. The van der Waals surface area contributed by atoms with Gasteiger partial charge in [0.05, 0.1) is 18.4 Å². The smallest absolute Gasteiger partial charge is 0.257 e. The Morgan fingerprint density at radius 3 is 2.76 bits per heavy atom. The Hall–Kier alpha value is -3.68. The predicted octanol–water partition coefficient (Wildman–Crippen LogP) is 4.19. The summed E-state index contributed by atoms with van der Waals surface area (Å²) in [6, 6.07) is 13.2. The first kappa shape index (κ1) is 23.5. The number of ether oxygens (including phenoxy) is 1. The number of rotatable bonds is 6. The van der Waals surface area contributed by atoms with Crippen molar-refractivity contribution >= 4 is 23.2 Å². The van der Waals surface area contributed by atoms with Crippen molar-refractivity contribution in [2.45, 2.75) is 32.1 Å². The first-order valence-electron chi connectivity index (χ1n) is 11.5. The van der Waals surface area contributed by atoms with Crippen molar-refractivity contribution < 1.29 is 9.53 Å². The van der Waals surface area contributed by atoms with E-state index in [1.807, 2.05) is 67.2 Å². The zero-order chi connectivity index (χ0) is 24.3. The number of aromatic nitrogens is 3. The van der Waals surface area contributed by atoms with Gasteiger partial charge in [-0.3, -0.25) is 4.79 Å². The van der Waals surface area contributed by atoms with Crippen LogP contribution in [0.2, 0.25) is 0 Å². The van der Waals surface area contributed by atoms with Gasteiger partial charge >= 0.3 is 0 Å². The summed E-state index contributed by atoms with van der Waals surface area (Å²) in [4.78, 5) is 31.3. The summed E-state index contributed by atoms with van der Waals surface area (Å²) in [7, 11) is 5.58. The van der Waals surface area contributed by atoms with E-state index in [4.69, 9.17) is 9.72 Å². The van der Waals surface area contributed by atoms with E-state index < -0.39 is 0 Å². The SMILES string of the molecule is COc1cccc(Nc2ncccc2C(=O)N2CCC[C@@](C)(c3cc(N(C)C)nc(C)n3)C2)c1. The summed E-state index contributed by atoms with van der Waals surface area (Å²) in [5, 5.41) is 3.28. The second-order valence-electron chi connectivity index (χ2n) is 9.20. The van der Waals surface area contributed by atoms with Gasteiger partial charge in [0.2, 0.25) is 0 Å². The van der Waals surface area contributed by atoms with Crippen LogP contribution in [-0.4, -0.2) is 60.1 Å². The van der Waals surface area contributed by atoms with Crippen LogP contribution in [0.15, 0.2) is 48.7 Å². The largest absolute Gasteiger partial charge is 0.497 e. The number of piperidine rings is 1. The van der Waals surface area contributed by atoms with Gasteiger partial charge in [0.25, 0.3) is 5.91 Å². The lowest BCUT2D eigenvalue weighted by atomic mass is 9.78. The normalized spacial score (nSPS) is 17.9. The van der Waals surface area contributed by atoms with Crippen molar-refractivity contribution in [3.8, 4) is 5.75 Å².